The van der Waals surface area contributed by atoms with Crippen molar-refractivity contribution < 1.29 is 14.6 Å². The predicted molar refractivity (Wildman–Crippen MR) is 88.6 cm³/mol. The summed E-state index contributed by atoms with van der Waals surface area (Å²) in [6.45, 7) is 4.06. The van der Waals surface area contributed by atoms with Crippen LogP contribution in [0.1, 0.15) is 16.9 Å². The highest BCUT2D eigenvalue weighted by atomic mass is 16.5. The predicted octanol–water partition coefficient (Wildman–Crippen LogP) is 1.33. The van der Waals surface area contributed by atoms with Crippen molar-refractivity contribution in [3.05, 3.63) is 36.0 Å². The van der Waals surface area contributed by atoms with Gasteiger partial charge in [-0.2, -0.15) is 5.10 Å². The van der Waals surface area contributed by atoms with Gasteiger partial charge in [0.2, 0.25) is 5.88 Å². The highest BCUT2D eigenvalue weighted by Gasteiger charge is 2.26. The van der Waals surface area contributed by atoms with E-state index in [4.69, 9.17) is 4.74 Å². The Morgan fingerprint density at radius 3 is 2.67 bits per heavy atom. The fourth-order valence-corrected chi connectivity index (χ4v) is 3.22. The van der Waals surface area contributed by atoms with Crippen LogP contribution >= 0.6 is 0 Å². The number of hydrogen-bond donors (Lipinski definition) is 1. The molecule has 126 valence electrons. The molecule has 1 aromatic heterocycles. The van der Waals surface area contributed by atoms with Crippen LogP contribution in [-0.2, 0) is 6.54 Å². The Kier molecular flexibility index (Phi) is 3.76. The third-order valence-electron chi connectivity index (χ3n) is 4.52. The van der Waals surface area contributed by atoms with Gasteiger partial charge in [-0.25, -0.2) is 4.68 Å². The molecule has 0 saturated carbocycles. The van der Waals surface area contributed by atoms with E-state index in [1.807, 2.05) is 17.0 Å². The van der Waals surface area contributed by atoms with Crippen LogP contribution in [0.25, 0.3) is 0 Å². The molecule has 4 rings (SSSR count). The topological polar surface area (TPSA) is 70.8 Å². The molecule has 2 aliphatic rings. The van der Waals surface area contributed by atoms with Crippen molar-refractivity contribution in [3.63, 3.8) is 0 Å². The molecule has 1 aromatic carbocycles. The third-order valence-corrected chi connectivity index (χ3v) is 4.52. The average molecular weight is 328 g/mol. The Hall–Kier alpha value is -2.70. The van der Waals surface area contributed by atoms with Crippen molar-refractivity contribution in [2.24, 2.45) is 0 Å². The summed E-state index contributed by atoms with van der Waals surface area (Å²) in [6.07, 6.45) is 0.918. The van der Waals surface area contributed by atoms with Crippen LogP contribution in [0.5, 0.6) is 11.6 Å². The summed E-state index contributed by atoms with van der Waals surface area (Å²) in [6, 6.07) is 9.02. The van der Waals surface area contributed by atoms with Crippen molar-refractivity contribution in [1.82, 2.24) is 14.7 Å². The average Bonchev–Trinajstić information content (AvgIpc) is 3.06. The summed E-state index contributed by atoms with van der Waals surface area (Å²) in [5.41, 5.74) is 1.26. The first kappa shape index (κ1) is 14.9. The zero-order chi connectivity index (χ0) is 16.5. The normalized spacial score (nSPS) is 17.3. The second kappa shape index (κ2) is 6.07. The third kappa shape index (κ3) is 2.66. The van der Waals surface area contributed by atoms with Gasteiger partial charge in [0.15, 0.2) is 5.69 Å². The number of hydrogen-bond acceptors (Lipinski definition) is 5. The minimum Gasteiger partial charge on any atom is -0.506 e. The van der Waals surface area contributed by atoms with Crippen LogP contribution < -0.4 is 9.64 Å². The molecule has 7 nitrogen and oxygen atoms in total. The van der Waals surface area contributed by atoms with Crippen LogP contribution in [0, 0.1) is 0 Å². The van der Waals surface area contributed by atoms with E-state index >= 15 is 0 Å². The molecule has 0 unspecified atom stereocenters. The number of para-hydroxylation sites is 2. The smallest absolute Gasteiger partial charge is 0.274 e. The molecule has 0 aliphatic carbocycles. The standard InChI is InChI=1S/C17H20N4O3/c22-15-5-2-1-4-14(15)19-7-9-20(10-8-19)17(23)13-12-16-21(18-13)6-3-11-24-16/h1-2,4-5,12,22H,3,6-11H2. The van der Waals surface area contributed by atoms with Crippen LogP contribution in [0.2, 0.25) is 0 Å². The summed E-state index contributed by atoms with van der Waals surface area (Å²) in [5.74, 6) is 0.895. The lowest BCUT2D eigenvalue weighted by Crippen LogP contribution is -2.48. The monoisotopic (exact) mass is 328 g/mol. The number of aromatic nitrogens is 2. The molecule has 0 spiro atoms. The van der Waals surface area contributed by atoms with Gasteiger partial charge in [0.05, 0.1) is 12.3 Å². The highest BCUT2D eigenvalue weighted by molar-refractivity contribution is 5.92. The van der Waals surface area contributed by atoms with Crippen molar-refractivity contribution in [2.75, 3.05) is 37.7 Å². The lowest BCUT2D eigenvalue weighted by molar-refractivity contribution is 0.0739. The van der Waals surface area contributed by atoms with E-state index in [-0.39, 0.29) is 11.7 Å². The van der Waals surface area contributed by atoms with Gasteiger partial charge in [0, 0.05) is 45.2 Å². The van der Waals surface area contributed by atoms with Gasteiger partial charge in [-0.1, -0.05) is 12.1 Å². The molecule has 2 aliphatic heterocycles. The second-order valence-corrected chi connectivity index (χ2v) is 6.06. The number of carbonyl (C=O) groups excluding carboxylic acids is 1. The zero-order valence-corrected chi connectivity index (χ0v) is 13.4. The maximum absolute atomic E-state index is 12.7. The van der Waals surface area contributed by atoms with Gasteiger partial charge in [-0.05, 0) is 12.1 Å². The van der Waals surface area contributed by atoms with Crippen LogP contribution in [0.15, 0.2) is 30.3 Å². The summed E-state index contributed by atoms with van der Waals surface area (Å²) in [5, 5.41) is 14.3. The molecule has 0 bridgehead atoms. The molecular formula is C17H20N4O3. The molecule has 7 heteroatoms. The van der Waals surface area contributed by atoms with Gasteiger partial charge >= 0.3 is 0 Å². The van der Waals surface area contributed by atoms with Gasteiger partial charge in [0.25, 0.3) is 5.91 Å². The number of amides is 1. The second-order valence-electron chi connectivity index (χ2n) is 6.06. The first-order valence-electron chi connectivity index (χ1n) is 8.25. The minimum atomic E-state index is -0.0579. The summed E-state index contributed by atoms with van der Waals surface area (Å²) >= 11 is 0. The van der Waals surface area contributed by atoms with Crippen molar-refractivity contribution >= 4 is 11.6 Å². The number of rotatable bonds is 2. The Bertz CT molecular complexity index is 727. The van der Waals surface area contributed by atoms with Gasteiger partial charge < -0.3 is 19.6 Å². The van der Waals surface area contributed by atoms with E-state index in [0.717, 1.165) is 18.7 Å². The quantitative estimate of drug-likeness (QED) is 0.901. The van der Waals surface area contributed by atoms with Gasteiger partial charge in [-0.3, -0.25) is 4.79 Å². The number of benzene rings is 1. The summed E-state index contributed by atoms with van der Waals surface area (Å²) < 4.78 is 7.28. The van der Waals surface area contributed by atoms with Gasteiger partial charge in [-0.15, -0.1) is 0 Å². The van der Waals surface area contributed by atoms with E-state index in [9.17, 15) is 9.90 Å². The minimum absolute atomic E-state index is 0.0579. The van der Waals surface area contributed by atoms with Crippen molar-refractivity contribution in [3.8, 4) is 11.6 Å². The van der Waals surface area contributed by atoms with E-state index in [0.29, 0.717) is 44.4 Å². The van der Waals surface area contributed by atoms with Crippen molar-refractivity contribution in [2.45, 2.75) is 13.0 Å². The molecular weight excluding hydrogens is 308 g/mol. The van der Waals surface area contributed by atoms with Crippen LogP contribution in [-0.4, -0.2) is 58.5 Å². The molecule has 2 aromatic rings. The fourth-order valence-electron chi connectivity index (χ4n) is 3.22. The Morgan fingerprint density at radius 2 is 1.92 bits per heavy atom. The number of anilines is 1. The number of aromatic hydroxyl groups is 1. The first-order valence-corrected chi connectivity index (χ1v) is 8.25. The lowest BCUT2D eigenvalue weighted by Gasteiger charge is -2.36. The molecule has 24 heavy (non-hydrogen) atoms. The number of phenolic OH excluding ortho intramolecular Hbond substituents is 1. The Balaban J connectivity index is 1.43. The number of carbonyl (C=O) groups is 1. The van der Waals surface area contributed by atoms with Crippen molar-refractivity contribution in [1.29, 1.82) is 0 Å². The maximum Gasteiger partial charge on any atom is 0.274 e. The molecule has 1 fully saturated rings. The fraction of sp³-hybridized carbons (Fsp3) is 0.412. The van der Waals surface area contributed by atoms with Gasteiger partial charge in [0.1, 0.15) is 5.75 Å². The number of nitrogens with zero attached hydrogens (tertiary/aromatic N) is 4. The molecule has 0 radical (unpaired) electrons. The summed E-state index contributed by atoms with van der Waals surface area (Å²) in [4.78, 5) is 16.6. The number of piperazine rings is 1. The summed E-state index contributed by atoms with van der Waals surface area (Å²) in [7, 11) is 0. The molecule has 1 saturated heterocycles. The van der Waals surface area contributed by atoms with E-state index in [1.165, 1.54) is 0 Å². The van der Waals surface area contributed by atoms with Crippen LogP contribution in [0.3, 0.4) is 0 Å². The van der Waals surface area contributed by atoms with E-state index < -0.39 is 0 Å². The Morgan fingerprint density at radius 1 is 1.12 bits per heavy atom. The molecule has 1 amide bonds. The zero-order valence-electron chi connectivity index (χ0n) is 13.4. The molecule has 1 N–H and O–H groups in total. The number of fused-ring (bicyclic) bond motifs is 1. The Labute approximate surface area is 140 Å². The maximum atomic E-state index is 12.7. The molecule has 0 atom stereocenters. The number of phenols is 1. The largest absolute Gasteiger partial charge is 0.506 e. The highest BCUT2D eigenvalue weighted by Crippen LogP contribution is 2.27. The van der Waals surface area contributed by atoms with E-state index in [1.54, 1.807) is 22.9 Å². The van der Waals surface area contributed by atoms with E-state index in [2.05, 4.69) is 10.00 Å². The first-order chi connectivity index (χ1) is 11.7. The van der Waals surface area contributed by atoms with Crippen LogP contribution in [0.4, 0.5) is 5.69 Å². The molecule has 3 heterocycles. The SMILES string of the molecule is O=C(c1cc2n(n1)CCCO2)N1CCN(c2ccccc2O)CC1. The number of aryl methyl sites for hydroxylation is 1. The number of ether oxygens (including phenoxy) is 1. The lowest BCUT2D eigenvalue weighted by atomic mass is 10.2.